The summed E-state index contributed by atoms with van der Waals surface area (Å²) in [7, 11) is -3.79. The van der Waals surface area contributed by atoms with E-state index in [0.29, 0.717) is 31.3 Å². The number of hydrogen-bond donors (Lipinski definition) is 3. The molecule has 1 aliphatic heterocycles. The molecule has 0 spiro atoms. The van der Waals surface area contributed by atoms with Crippen molar-refractivity contribution in [3.05, 3.63) is 18.2 Å². The molecule has 3 N–H and O–H groups in total. The number of carbonyl (C=O) groups is 2. The first-order chi connectivity index (χ1) is 12.4. The number of ether oxygens (including phenoxy) is 2. The summed E-state index contributed by atoms with van der Waals surface area (Å²) in [6.07, 6.45) is 0.642. The molecule has 0 aliphatic carbocycles. The molecule has 1 aromatic carbocycles. The normalized spacial score (nSPS) is 13.6. The first-order valence-electron chi connectivity index (χ1n) is 8.35. The SMILES string of the molecule is CCNC(=O)CNC(=O)CCNS(=O)(=O)c1ccc2c(c1)OCCCO2. The minimum Gasteiger partial charge on any atom is -0.490 e. The second-order valence-electron chi connectivity index (χ2n) is 5.54. The summed E-state index contributed by atoms with van der Waals surface area (Å²) in [6, 6.07) is 4.37. The molecule has 0 saturated carbocycles. The third-order valence-corrected chi connectivity index (χ3v) is 4.95. The Hall–Kier alpha value is -2.33. The monoisotopic (exact) mass is 385 g/mol. The van der Waals surface area contributed by atoms with Gasteiger partial charge in [-0.3, -0.25) is 9.59 Å². The maximum atomic E-state index is 12.3. The Morgan fingerprint density at radius 2 is 1.81 bits per heavy atom. The topological polar surface area (TPSA) is 123 Å². The van der Waals surface area contributed by atoms with Crippen molar-refractivity contribution in [1.29, 1.82) is 0 Å². The molecule has 0 unspecified atom stereocenters. The van der Waals surface area contributed by atoms with Crippen LogP contribution in [0.25, 0.3) is 0 Å². The van der Waals surface area contributed by atoms with Gasteiger partial charge >= 0.3 is 0 Å². The van der Waals surface area contributed by atoms with Gasteiger partial charge < -0.3 is 20.1 Å². The molecule has 144 valence electrons. The average molecular weight is 385 g/mol. The molecule has 0 fully saturated rings. The Morgan fingerprint density at radius 1 is 1.08 bits per heavy atom. The van der Waals surface area contributed by atoms with E-state index in [1.807, 2.05) is 0 Å². The van der Waals surface area contributed by atoms with Crippen LogP contribution in [0.15, 0.2) is 23.1 Å². The van der Waals surface area contributed by atoms with E-state index in [1.54, 1.807) is 13.0 Å². The maximum absolute atomic E-state index is 12.3. The van der Waals surface area contributed by atoms with Crippen LogP contribution in [0.2, 0.25) is 0 Å². The van der Waals surface area contributed by atoms with Crippen molar-refractivity contribution in [2.45, 2.75) is 24.7 Å². The van der Waals surface area contributed by atoms with Gasteiger partial charge in [0.1, 0.15) is 0 Å². The highest BCUT2D eigenvalue weighted by atomic mass is 32.2. The van der Waals surface area contributed by atoms with Crippen LogP contribution in [0.3, 0.4) is 0 Å². The summed E-state index contributed by atoms with van der Waals surface area (Å²) in [4.78, 5) is 22.9. The quantitative estimate of drug-likeness (QED) is 0.568. The highest BCUT2D eigenvalue weighted by molar-refractivity contribution is 7.89. The van der Waals surface area contributed by atoms with Gasteiger partial charge in [-0.25, -0.2) is 13.1 Å². The average Bonchev–Trinajstić information content (AvgIpc) is 2.84. The van der Waals surface area contributed by atoms with Crippen LogP contribution in [0.4, 0.5) is 0 Å². The lowest BCUT2D eigenvalue weighted by Gasteiger charge is -2.11. The number of fused-ring (bicyclic) bond motifs is 1. The van der Waals surface area contributed by atoms with Gasteiger partial charge in [0, 0.05) is 32.0 Å². The minimum absolute atomic E-state index is 0.0319. The van der Waals surface area contributed by atoms with Crippen LogP contribution in [-0.2, 0) is 19.6 Å². The summed E-state index contributed by atoms with van der Waals surface area (Å²) in [5.41, 5.74) is 0. The van der Waals surface area contributed by atoms with E-state index in [9.17, 15) is 18.0 Å². The van der Waals surface area contributed by atoms with Crippen LogP contribution in [0, 0.1) is 0 Å². The maximum Gasteiger partial charge on any atom is 0.240 e. The molecule has 1 heterocycles. The van der Waals surface area contributed by atoms with Gasteiger partial charge in [-0.1, -0.05) is 0 Å². The first-order valence-corrected chi connectivity index (χ1v) is 9.83. The Bertz CT molecular complexity index is 750. The minimum atomic E-state index is -3.79. The van der Waals surface area contributed by atoms with Crippen molar-refractivity contribution < 1.29 is 27.5 Å². The van der Waals surface area contributed by atoms with Crippen molar-refractivity contribution in [2.75, 3.05) is 32.8 Å². The van der Waals surface area contributed by atoms with Gasteiger partial charge in [-0.2, -0.15) is 0 Å². The molecular weight excluding hydrogens is 362 g/mol. The fourth-order valence-corrected chi connectivity index (χ4v) is 3.27. The van der Waals surface area contributed by atoms with E-state index >= 15 is 0 Å². The number of likely N-dealkylation sites (N-methyl/N-ethyl adjacent to an activating group) is 1. The van der Waals surface area contributed by atoms with Crippen LogP contribution in [0.5, 0.6) is 11.5 Å². The van der Waals surface area contributed by atoms with E-state index in [1.165, 1.54) is 12.1 Å². The molecule has 0 saturated heterocycles. The fourth-order valence-electron chi connectivity index (χ4n) is 2.22. The van der Waals surface area contributed by atoms with E-state index in [2.05, 4.69) is 15.4 Å². The van der Waals surface area contributed by atoms with Gasteiger partial charge in [0.15, 0.2) is 11.5 Å². The summed E-state index contributed by atoms with van der Waals surface area (Å²) < 4.78 is 38.0. The number of rotatable bonds is 8. The molecular formula is C16H23N3O6S. The van der Waals surface area contributed by atoms with Crippen molar-refractivity contribution in [1.82, 2.24) is 15.4 Å². The van der Waals surface area contributed by atoms with E-state index in [4.69, 9.17) is 9.47 Å². The van der Waals surface area contributed by atoms with Crippen LogP contribution < -0.4 is 24.8 Å². The Balaban J connectivity index is 1.86. The molecule has 9 nitrogen and oxygen atoms in total. The van der Waals surface area contributed by atoms with Gasteiger partial charge in [0.2, 0.25) is 21.8 Å². The zero-order valence-corrected chi connectivity index (χ0v) is 15.4. The highest BCUT2D eigenvalue weighted by Gasteiger charge is 2.19. The van der Waals surface area contributed by atoms with Gasteiger partial charge in [-0.15, -0.1) is 0 Å². The third-order valence-electron chi connectivity index (χ3n) is 3.49. The number of amides is 2. The van der Waals surface area contributed by atoms with Crippen LogP contribution >= 0.6 is 0 Å². The third kappa shape index (κ3) is 5.88. The lowest BCUT2D eigenvalue weighted by atomic mass is 10.3. The van der Waals surface area contributed by atoms with Crippen molar-refractivity contribution >= 4 is 21.8 Å². The van der Waals surface area contributed by atoms with Crippen molar-refractivity contribution in [2.24, 2.45) is 0 Å². The van der Waals surface area contributed by atoms with Gasteiger partial charge in [0.25, 0.3) is 0 Å². The molecule has 0 aromatic heterocycles. The van der Waals surface area contributed by atoms with E-state index in [-0.39, 0.29) is 30.3 Å². The first kappa shape index (κ1) is 20.0. The Morgan fingerprint density at radius 3 is 2.54 bits per heavy atom. The molecule has 2 rings (SSSR count). The standard InChI is InChI=1S/C16H23N3O6S/c1-2-17-16(21)11-18-15(20)6-7-19-26(22,23)12-4-5-13-14(10-12)25-9-3-8-24-13/h4-5,10,19H,2-3,6-9,11H2,1H3,(H,17,21)(H,18,20). The van der Waals surface area contributed by atoms with Crippen LogP contribution in [-0.4, -0.2) is 53.1 Å². The van der Waals surface area contributed by atoms with E-state index in [0.717, 1.165) is 6.42 Å². The molecule has 0 atom stereocenters. The lowest BCUT2D eigenvalue weighted by Crippen LogP contribution is -2.38. The molecule has 0 radical (unpaired) electrons. The highest BCUT2D eigenvalue weighted by Crippen LogP contribution is 2.31. The molecule has 1 aromatic rings. The summed E-state index contributed by atoms with van der Waals surface area (Å²) in [5.74, 6) is 0.169. The molecule has 0 bridgehead atoms. The number of carbonyl (C=O) groups excluding carboxylic acids is 2. The second-order valence-corrected chi connectivity index (χ2v) is 7.30. The number of nitrogens with one attached hydrogen (secondary N) is 3. The zero-order valence-electron chi connectivity index (χ0n) is 14.5. The Labute approximate surface area is 152 Å². The second kappa shape index (κ2) is 9.39. The molecule has 26 heavy (non-hydrogen) atoms. The fraction of sp³-hybridized carbons (Fsp3) is 0.500. The van der Waals surface area contributed by atoms with Crippen molar-refractivity contribution in [3.63, 3.8) is 0 Å². The smallest absolute Gasteiger partial charge is 0.240 e. The largest absolute Gasteiger partial charge is 0.490 e. The predicted octanol–water partition coefficient (Wildman–Crippen LogP) is -0.231. The molecule has 10 heteroatoms. The van der Waals surface area contributed by atoms with Gasteiger partial charge in [-0.05, 0) is 19.1 Å². The van der Waals surface area contributed by atoms with E-state index < -0.39 is 15.9 Å². The molecule has 2 amide bonds. The summed E-state index contributed by atoms with van der Waals surface area (Å²) >= 11 is 0. The van der Waals surface area contributed by atoms with Gasteiger partial charge in [0.05, 0.1) is 24.7 Å². The van der Waals surface area contributed by atoms with Crippen LogP contribution in [0.1, 0.15) is 19.8 Å². The lowest BCUT2D eigenvalue weighted by molar-refractivity contribution is -0.125. The Kier molecular flexibility index (Phi) is 7.22. The predicted molar refractivity (Wildman–Crippen MR) is 93.5 cm³/mol. The summed E-state index contributed by atoms with van der Waals surface area (Å²) in [6.45, 7) is 3.00. The van der Waals surface area contributed by atoms with Crippen molar-refractivity contribution in [3.8, 4) is 11.5 Å². The number of hydrogen-bond acceptors (Lipinski definition) is 6. The zero-order chi connectivity index (χ0) is 19.0. The summed E-state index contributed by atoms with van der Waals surface area (Å²) in [5, 5.41) is 4.96. The molecule has 1 aliphatic rings. The number of benzene rings is 1. The number of sulfonamides is 1.